The van der Waals surface area contributed by atoms with Crippen molar-refractivity contribution >= 4 is 23.8 Å². The highest BCUT2D eigenvalue weighted by Gasteiger charge is 2.42. The largest absolute Gasteiger partial charge is 0.480 e. The molecule has 2 unspecified atom stereocenters. The molecular formula is C15H26N2O3S. The summed E-state index contributed by atoms with van der Waals surface area (Å²) in [6.07, 6.45) is 6.12. The molecule has 0 aromatic heterocycles. The van der Waals surface area contributed by atoms with E-state index in [0.29, 0.717) is 18.2 Å². The zero-order chi connectivity index (χ0) is 15.4. The normalized spacial score (nSPS) is 27.1. The van der Waals surface area contributed by atoms with E-state index in [0.717, 1.165) is 0 Å². The predicted molar refractivity (Wildman–Crippen MR) is 84.3 cm³/mol. The van der Waals surface area contributed by atoms with Crippen LogP contribution in [0.3, 0.4) is 0 Å². The molecule has 1 heterocycles. The zero-order valence-corrected chi connectivity index (χ0v) is 13.7. The highest BCUT2D eigenvalue weighted by molar-refractivity contribution is 8.00. The van der Waals surface area contributed by atoms with Gasteiger partial charge in [0.05, 0.1) is 5.37 Å². The number of amides is 2. The lowest BCUT2D eigenvalue weighted by Gasteiger charge is -2.31. The molecule has 1 saturated carbocycles. The van der Waals surface area contributed by atoms with Crippen LogP contribution >= 0.6 is 11.8 Å². The van der Waals surface area contributed by atoms with Crippen LogP contribution < -0.4 is 5.32 Å². The molecule has 2 N–H and O–H groups in total. The lowest BCUT2D eigenvalue weighted by molar-refractivity contribution is -0.141. The van der Waals surface area contributed by atoms with Gasteiger partial charge < -0.3 is 10.4 Å². The quantitative estimate of drug-likeness (QED) is 0.837. The Morgan fingerprint density at radius 1 is 1.29 bits per heavy atom. The van der Waals surface area contributed by atoms with Crippen LogP contribution in [0.5, 0.6) is 0 Å². The summed E-state index contributed by atoms with van der Waals surface area (Å²) in [5, 5.41) is 12.2. The number of nitrogens with zero attached hydrogens (tertiary/aromatic N) is 1. The van der Waals surface area contributed by atoms with Gasteiger partial charge in [-0.3, -0.25) is 4.90 Å². The van der Waals surface area contributed by atoms with Crippen molar-refractivity contribution in [2.75, 3.05) is 12.3 Å². The molecule has 2 atom stereocenters. The second-order valence-electron chi connectivity index (χ2n) is 6.42. The number of carboxylic acids is 1. The number of hydrogen-bond donors (Lipinski definition) is 2. The van der Waals surface area contributed by atoms with Crippen LogP contribution in [0.15, 0.2) is 0 Å². The van der Waals surface area contributed by atoms with E-state index in [4.69, 9.17) is 0 Å². The van der Waals surface area contributed by atoms with Crippen molar-refractivity contribution in [2.45, 2.75) is 57.4 Å². The molecule has 0 radical (unpaired) electrons. The van der Waals surface area contributed by atoms with Crippen molar-refractivity contribution < 1.29 is 14.7 Å². The Morgan fingerprint density at radius 2 is 1.95 bits per heavy atom. The van der Waals surface area contributed by atoms with Crippen molar-refractivity contribution in [3.05, 3.63) is 0 Å². The smallest absolute Gasteiger partial charge is 0.327 e. The van der Waals surface area contributed by atoms with Gasteiger partial charge in [0.1, 0.15) is 6.04 Å². The molecule has 0 aromatic rings. The first kappa shape index (κ1) is 16.5. The standard InChI is InChI=1S/C15H26N2O3S/c1-10(2)13-17(12(9-21-13)14(18)19)15(20)16-8-11-6-4-3-5-7-11/h10-13H,3-9H2,1-2H3,(H,16,20)(H,18,19). The van der Waals surface area contributed by atoms with Crippen molar-refractivity contribution in [3.63, 3.8) is 0 Å². The number of rotatable bonds is 4. The van der Waals surface area contributed by atoms with E-state index in [1.54, 1.807) is 16.7 Å². The van der Waals surface area contributed by atoms with Crippen LogP contribution in [0, 0.1) is 11.8 Å². The van der Waals surface area contributed by atoms with E-state index < -0.39 is 12.0 Å². The van der Waals surface area contributed by atoms with Gasteiger partial charge in [-0.1, -0.05) is 33.1 Å². The number of carbonyl (C=O) groups is 2. The maximum atomic E-state index is 12.5. The minimum Gasteiger partial charge on any atom is -0.480 e. The Labute approximate surface area is 130 Å². The summed E-state index contributed by atoms with van der Waals surface area (Å²) >= 11 is 1.57. The van der Waals surface area contributed by atoms with Gasteiger partial charge in [0.25, 0.3) is 0 Å². The zero-order valence-electron chi connectivity index (χ0n) is 12.9. The van der Waals surface area contributed by atoms with E-state index >= 15 is 0 Å². The maximum absolute atomic E-state index is 12.5. The van der Waals surface area contributed by atoms with Gasteiger partial charge in [-0.25, -0.2) is 9.59 Å². The van der Waals surface area contributed by atoms with Crippen molar-refractivity contribution in [2.24, 2.45) is 11.8 Å². The number of hydrogen-bond acceptors (Lipinski definition) is 3. The minimum atomic E-state index is -0.904. The van der Waals surface area contributed by atoms with Crippen molar-refractivity contribution in [1.82, 2.24) is 10.2 Å². The topological polar surface area (TPSA) is 69.6 Å². The molecule has 6 heteroatoms. The van der Waals surface area contributed by atoms with Crippen LogP contribution in [0.1, 0.15) is 46.0 Å². The molecular weight excluding hydrogens is 288 g/mol. The summed E-state index contributed by atoms with van der Waals surface area (Å²) in [7, 11) is 0. The Kier molecular flexibility index (Phi) is 5.79. The summed E-state index contributed by atoms with van der Waals surface area (Å²) < 4.78 is 0. The first-order valence-electron chi connectivity index (χ1n) is 7.91. The Hall–Kier alpha value is -0.910. The minimum absolute atomic E-state index is 0.0440. The van der Waals surface area contributed by atoms with Gasteiger partial charge in [-0.2, -0.15) is 0 Å². The fourth-order valence-corrected chi connectivity index (χ4v) is 4.67. The number of thioether (sulfide) groups is 1. The van der Waals surface area contributed by atoms with Gasteiger partial charge in [0.15, 0.2) is 0 Å². The second kappa shape index (κ2) is 7.38. The van der Waals surface area contributed by atoms with Crippen LogP contribution in [0.4, 0.5) is 4.79 Å². The lowest BCUT2D eigenvalue weighted by atomic mass is 9.89. The van der Waals surface area contributed by atoms with Crippen molar-refractivity contribution in [1.29, 1.82) is 0 Å². The molecule has 0 bridgehead atoms. The summed E-state index contributed by atoms with van der Waals surface area (Å²) in [6.45, 7) is 4.74. The average Bonchev–Trinajstić information content (AvgIpc) is 2.91. The maximum Gasteiger partial charge on any atom is 0.327 e. The van der Waals surface area contributed by atoms with E-state index in [2.05, 4.69) is 5.32 Å². The number of nitrogens with one attached hydrogen (secondary N) is 1. The lowest BCUT2D eigenvalue weighted by Crippen LogP contribution is -2.52. The van der Waals surface area contributed by atoms with Crippen LogP contribution in [0.2, 0.25) is 0 Å². The Balaban J connectivity index is 1.94. The van der Waals surface area contributed by atoms with Gasteiger partial charge in [0.2, 0.25) is 0 Å². The molecule has 1 aliphatic heterocycles. The van der Waals surface area contributed by atoms with Gasteiger partial charge >= 0.3 is 12.0 Å². The van der Waals surface area contributed by atoms with E-state index in [9.17, 15) is 14.7 Å². The predicted octanol–water partition coefficient (Wildman–Crippen LogP) is 2.76. The fourth-order valence-electron chi connectivity index (χ4n) is 3.20. The van der Waals surface area contributed by atoms with Crippen LogP contribution in [-0.4, -0.2) is 45.7 Å². The fraction of sp³-hybridized carbons (Fsp3) is 0.867. The first-order chi connectivity index (χ1) is 10.0. The Morgan fingerprint density at radius 3 is 2.52 bits per heavy atom. The number of aliphatic carboxylic acids is 1. The van der Waals surface area contributed by atoms with Gasteiger partial charge in [-0.15, -0.1) is 11.8 Å². The summed E-state index contributed by atoms with van der Waals surface area (Å²) in [6, 6.07) is -0.912. The summed E-state index contributed by atoms with van der Waals surface area (Å²) in [5.41, 5.74) is 0. The van der Waals surface area contributed by atoms with Crippen molar-refractivity contribution in [3.8, 4) is 0 Å². The third kappa shape index (κ3) is 4.05. The monoisotopic (exact) mass is 314 g/mol. The molecule has 120 valence electrons. The molecule has 0 aromatic carbocycles. The molecule has 2 rings (SSSR count). The first-order valence-corrected chi connectivity index (χ1v) is 8.96. The summed E-state index contributed by atoms with van der Waals surface area (Å²) in [4.78, 5) is 25.4. The average molecular weight is 314 g/mol. The van der Waals surface area contributed by atoms with Gasteiger partial charge in [0, 0.05) is 12.3 Å². The molecule has 21 heavy (non-hydrogen) atoms. The third-order valence-electron chi connectivity index (χ3n) is 4.39. The molecule has 1 saturated heterocycles. The molecule has 0 spiro atoms. The SMILES string of the molecule is CC(C)C1SCC(C(=O)O)N1C(=O)NCC1CCCCC1. The third-order valence-corrected chi connectivity index (χ3v) is 6.01. The van der Waals surface area contributed by atoms with Crippen LogP contribution in [0.25, 0.3) is 0 Å². The molecule has 1 aliphatic carbocycles. The molecule has 2 aliphatic rings. The number of carboxylic acid groups (broad SMARTS) is 1. The highest BCUT2D eigenvalue weighted by Crippen LogP contribution is 2.34. The number of urea groups is 1. The molecule has 2 fully saturated rings. The van der Waals surface area contributed by atoms with E-state index in [1.165, 1.54) is 32.1 Å². The van der Waals surface area contributed by atoms with Crippen LogP contribution in [-0.2, 0) is 4.79 Å². The Bertz CT molecular complexity index is 383. The summed E-state index contributed by atoms with van der Waals surface area (Å²) in [5.74, 6) is 0.381. The van der Waals surface area contributed by atoms with E-state index in [-0.39, 0.29) is 17.3 Å². The molecule has 5 nitrogen and oxygen atoms in total. The second-order valence-corrected chi connectivity index (χ2v) is 7.57. The van der Waals surface area contributed by atoms with Gasteiger partial charge in [-0.05, 0) is 24.7 Å². The number of carbonyl (C=O) groups excluding carboxylic acids is 1. The highest BCUT2D eigenvalue weighted by atomic mass is 32.2. The molecule has 2 amide bonds. The van der Waals surface area contributed by atoms with E-state index in [1.807, 2.05) is 13.8 Å².